The van der Waals surface area contributed by atoms with Crippen LogP contribution in [0.1, 0.15) is 65.0 Å². The van der Waals surface area contributed by atoms with Crippen LogP contribution in [-0.2, 0) is 16.1 Å². The maximum Gasteiger partial charge on any atom is 0.261 e. The van der Waals surface area contributed by atoms with Crippen molar-refractivity contribution in [3.05, 3.63) is 59.7 Å². The van der Waals surface area contributed by atoms with Gasteiger partial charge in [-0.1, -0.05) is 51.1 Å². The molecule has 2 rings (SSSR count). The summed E-state index contributed by atoms with van der Waals surface area (Å²) < 4.78 is 11.2. The Morgan fingerprint density at radius 2 is 1.67 bits per heavy atom. The summed E-state index contributed by atoms with van der Waals surface area (Å²) >= 11 is 0. The Morgan fingerprint density at radius 3 is 2.21 bits per heavy atom. The minimum absolute atomic E-state index is 0.140. The summed E-state index contributed by atoms with van der Waals surface area (Å²) in [5, 5.41) is 3.01. The number of hydrogen-bond donors (Lipinski definition) is 1. The summed E-state index contributed by atoms with van der Waals surface area (Å²) in [7, 11) is 1.61. The van der Waals surface area contributed by atoms with Crippen LogP contribution in [0.4, 0.5) is 0 Å². The number of ether oxygens (including phenoxy) is 2. The summed E-state index contributed by atoms with van der Waals surface area (Å²) in [6.45, 7) is 12.0. The van der Waals surface area contributed by atoms with Gasteiger partial charge in [0.1, 0.15) is 17.5 Å². The van der Waals surface area contributed by atoms with Crippen molar-refractivity contribution in [2.24, 2.45) is 0 Å². The SMILES string of the molecule is CC[C@H](C(=O)NC(C)(C)C)N(Cc1ccc(OC)cc1)C(=O)COc1ccccc1C(C)C. The number of amides is 2. The Kier molecular flexibility index (Phi) is 9.32. The Hall–Kier alpha value is -3.02. The molecule has 6 nitrogen and oxygen atoms in total. The monoisotopic (exact) mass is 454 g/mol. The van der Waals surface area contributed by atoms with Crippen molar-refractivity contribution in [3.8, 4) is 11.5 Å². The molecule has 0 saturated heterocycles. The lowest BCUT2D eigenvalue weighted by Crippen LogP contribution is -2.54. The first-order chi connectivity index (χ1) is 15.6. The minimum atomic E-state index is -0.609. The maximum atomic E-state index is 13.4. The lowest BCUT2D eigenvalue weighted by atomic mass is 10.0. The molecule has 2 aromatic carbocycles. The molecule has 0 fully saturated rings. The normalized spacial score (nSPS) is 12.2. The highest BCUT2D eigenvalue weighted by atomic mass is 16.5. The summed E-state index contributed by atoms with van der Waals surface area (Å²) in [4.78, 5) is 28.1. The predicted molar refractivity (Wildman–Crippen MR) is 132 cm³/mol. The van der Waals surface area contributed by atoms with Gasteiger partial charge in [-0.25, -0.2) is 0 Å². The number of carbonyl (C=O) groups is 2. The van der Waals surface area contributed by atoms with Gasteiger partial charge < -0.3 is 19.7 Å². The molecule has 0 unspecified atom stereocenters. The number of para-hydroxylation sites is 1. The zero-order valence-electron chi connectivity index (χ0n) is 21.0. The molecular formula is C27H38N2O4. The number of hydrogen-bond acceptors (Lipinski definition) is 4. The van der Waals surface area contributed by atoms with Crippen LogP contribution in [0.25, 0.3) is 0 Å². The fourth-order valence-corrected chi connectivity index (χ4v) is 3.61. The van der Waals surface area contributed by atoms with Gasteiger partial charge in [-0.15, -0.1) is 0 Å². The molecule has 0 aliphatic carbocycles. The number of benzene rings is 2. The van der Waals surface area contributed by atoms with Gasteiger partial charge in [0.2, 0.25) is 5.91 Å². The second-order valence-corrected chi connectivity index (χ2v) is 9.51. The third kappa shape index (κ3) is 7.81. The number of carbonyl (C=O) groups excluding carboxylic acids is 2. The van der Waals surface area contributed by atoms with Gasteiger partial charge in [0.05, 0.1) is 7.11 Å². The van der Waals surface area contributed by atoms with Crippen LogP contribution >= 0.6 is 0 Å². The predicted octanol–water partition coefficient (Wildman–Crippen LogP) is 4.92. The summed E-state index contributed by atoms with van der Waals surface area (Å²) in [5.41, 5.74) is 1.56. The highest BCUT2D eigenvalue weighted by Crippen LogP contribution is 2.26. The van der Waals surface area contributed by atoms with Gasteiger partial charge in [0.25, 0.3) is 5.91 Å². The molecule has 180 valence electrons. The highest BCUT2D eigenvalue weighted by molar-refractivity contribution is 5.88. The van der Waals surface area contributed by atoms with Gasteiger partial charge in [-0.05, 0) is 62.4 Å². The Labute approximate surface area is 198 Å². The minimum Gasteiger partial charge on any atom is -0.497 e. The summed E-state index contributed by atoms with van der Waals surface area (Å²) in [6.07, 6.45) is 0.492. The van der Waals surface area contributed by atoms with E-state index in [1.54, 1.807) is 12.0 Å². The van der Waals surface area contributed by atoms with E-state index in [1.807, 2.05) is 76.2 Å². The van der Waals surface area contributed by atoms with E-state index in [1.165, 1.54) is 0 Å². The highest BCUT2D eigenvalue weighted by Gasteiger charge is 2.31. The van der Waals surface area contributed by atoms with E-state index < -0.39 is 11.6 Å². The molecule has 0 aromatic heterocycles. The zero-order chi connectivity index (χ0) is 24.6. The van der Waals surface area contributed by atoms with E-state index in [0.717, 1.165) is 16.9 Å². The molecule has 0 aliphatic rings. The van der Waals surface area contributed by atoms with Crippen LogP contribution in [0.5, 0.6) is 11.5 Å². The van der Waals surface area contributed by atoms with Gasteiger partial charge >= 0.3 is 0 Å². The van der Waals surface area contributed by atoms with Crippen LogP contribution in [0.3, 0.4) is 0 Å². The Morgan fingerprint density at radius 1 is 1.03 bits per heavy atom. The van der Waals surface area contributed by atoms with Crippen molar-refractivity contribution in [2.75, 3.05) is 13.7 Å². The van der Waals surface area contributed by atoms with Crippen LogP contribution in [0.15, 0.2) is 48.5 Å². The smallest absolute Gasteiger partial charge is 0.261 e. The van der Waals surface area contributed by atoms with Crippen molar-refractivity contribution >= 4 is 11.8 Å². The Balaban J connectivity index is 2.27. The van der Waals surface area contributed by atoms with Gasteiger partial charge in [0.15, 0.2) is 6.61 Å². The van der Waals surface area contributed by atoms with E-state index in [9.17, 15) is 9.59 Å². The molecule has 1 N–H and O–H groups in total. The average Bonchev–Trinajstić information content (AvgIpc) is 2.76. The van der Waals surface area contributed by atoms with Crippen molar-refractivity contribution in [1.82, 2.24) is 10.2 Å². The molecule has 0 saturated carbocycles. The largest absolute Gasteiger partial charge is 0.497 e. The third-order valence-electron chi connectivity index (χ3n) is 5.29. The second-order valence-electron chi connectivity index (χ2n) is 9.51. The first-order valence-corrected chi connectivity index (χ1v) is 11.5. The van der Waals surface area contributed by atoms with E-state index >= 15 is 0 Å². The quantitative estimate of drug-likeness (QED) is 0.553. The van der Waals surface area contributed by atoms with E-state index in [-0.39, 0.29) is 24.3 Å². The molecule has 6 heteroatoms. The van der Waals surface area contributed by atoms with Crippen molar-refractivity contribution < 1.29 is 19.1 Å². The molecule has 0 aliphatic heterocycles. The molecule has 1 atom stereocenters. The van der Waals surface area contributed by atoms with Gasteiger partial charge in [-0.2, -0.15) is 0 Å². The van der Waals surface area contributed by atoms with Gasteiger partial charge in [-0.3, -0.25) is 9.59 Å². The molecular weight excluding hydrogens is 416 g/mol. The maximum absolute atomic E-state index is 13.4. The number of methoxy groups -OCH3 is 1. The van der Waals surface area contributed by atoms with E-state index in [4.69, 9.17) is 9.47 Å². The molecule has 2 aromatic rings. The van der Waals surface area contributed by atoms with Crippen LogP contribution < -0.4 is 14.8 Å². The fraction of sp³-hybridized carbons (Fsp3) is 0.481. The molecule has 0 heterocycles. The molecule has 0 bridgehead atoms. The van der Waals surface area contributed by atoms with E-state index in [0.29, 0.717) is 18.7 Å². The fourth-order valence-electron chi connectivity index (χ4n) is 3.61. The first kappa shape index (κ1) is 26.2. The van der Waals surface area contributed by atoms with Crippen LogP contribution in [0, 0.1) is 0 Å². The molecule has 33 heavy (non-hydrogen) atoms. The topological polar surface area (TPSA) is 67.9 Å². The van der Waals surface area contributed by atoms with Crippen molar-refractivity contribution in [3.63, 3.8) is 0 Å². The van der Waals surface area contributed by atoms with Crippen LogP contribution in [0.2, 0.25) is 0 Å². The van der Waals surface area contributed by atoms with Gasteiger partial charge in [0, 0.05) is 12.1 Å². The van der Waals surface area contributed by atoms with Crippen molar-refractivity contribution in [1.29, 1.82) is 0 Å². The second kappa shape index (κ2) is 11.7. The number of nitrogens with zero attached hydrogens (tertiary/aromatic N) is 1. The first-order valence-electron chi connectivity index (χ1n) is 11.5. The summed E-state index contributed by atoms with van der Waals surface area (Å²) in [5.74, 6) is 1.29. The van der Waals surface area contributed by atoms with Crippen molar-refractivity contribution in [2.45, 2.75) is 72.0 Å². The summed E-state index contributed by atoms with van der Waals surface area (Å²) in [6, 6.07) is 14.6. The average molecular weight is 455 g/mol. The van der Waals surface area contributed by atoms with Crippen LogP contribution in [-0.4, -0.2) is 42.0 Å². The lowest BCUT2D eigenvalue weighted by molar-refractivity contribution is -0.143. The number of rotatable bonds is 10. The number of nitrogens with one attached hydrogen (secondary N) is 1. The zero-order valence-corrected chi connectivity index (χ0v) is 21.0. The molecule has 0 spiro atoms. The lowest BCUT2D eigenvalue weighted by Gasteiger charge is -2.33. The third-order valence-corrected chi connectivity index (χ3v) is 5.29. The molecule has 0 radical (unpaired) electrons. The van der Waals surface area contributed by atoms with E-state index in [2.05, 4.69) is 19.2 Å². The standard InChI is InChI=1S/C27H38N2O4/c1-8-23(26(31)28-27(4,5)6)29(17-20-13-15-21(32-7)16-14-20)25(30)18-33-24-12-10-9-11-22(24)19(2)3/h9-16,19,23H,8,17-18H2,1-7H3,(H,28,31)/t23-/m1/s1. The molecule has 2 amide bonds. The Bertz CT molecular complexity index is 916.